The number of aromatic nitrogens is 4. The first-order valence-corrected chi connectivity index (χ1v) is 18.9. The highest BCUT2D eigenvalue weighted by molar-refractivity contribution is 5.70. The second-order valence-corrected chi connectivity index (χ2v) is 15.2. The molecule has 3 N–H and O–H groups in total. The summed E-state index contributed by atoms with van der Waals surface area (Å²) in [6, 6.07) is 11.1. The number of carboxylic acids is 1. The summed E-state index contributed by atoms with van der Waals surface area (Å²) in [5.41, 5.74) is 5.21. The number of carbonyl (C=O) groups is 1. The Morgan fingerprint density at radius 1 is 1.08 bits per heavy atom. The molecule has 0 bridgehead atoms. The number of hydrogen-bond acceptors (Lipinski definition) is 8. The van der Waals surface area contributed by atoms with Gasteiger partial charge in [0.1, 0.15) is 5.82 Å². The smallest absolute Gasteiger partial charge is 0.306 e. The van der Waals surface area contributed by atoms with Gasteiger partial charge >= 0.3 is 5.97 Å². The lowest BCUT2D eigenvalue weighted by Crippen LogP contribution is -2.46. The van der Waals surface area contributed by atoms with Crippen LogP contribution in [-0.4, -0.2) is 74.6 Å². The zero-order valence-corrected chi connectivity index (χ0v) is 29.4. The number of nitrogens with one attached hydrogen (secondary N) is 2. The van der Waals surface area contributed by atoms with Gasteiger partial charge in [-0.15, -0.1) is 0 Å². The van der Waals surface area contributed by atoms with E-state index in [2.05, 4.69) is 65.9 Å². The molecule has 1 aromatic carbocycles. The molecule has 49 heavy (non-hydrogen) atoms. The number of aryl methyl sites for hydroxylation is 2. The Morgan fingerprint density at radius 3 is 2.63 bits per heavy atom. The van der Waals surface area contributed by atoms with Crippen molar-refractivity contribution in [2.24, 2.45) is 17.3 Å². The molecule has 4 heterocycles. The largest absolute Gasteiger partial charge is 0.481 e. The highest BCUT2D eigenvalue weighted by atomic mass is 16.5. The van der Waals surface area contributed by atoms with Gasteiger partial charge in [-0.05, 0) is 101 Å². The fraction of sp³-hybridized carbons (Fsp3) is 0.641. The van der Waals surface area contributed by atoms with Gasteiger partial charge in [-0.25, -0.2) is 4.98 Å². The van der Waals surface area contributed by atoms with E-state index in [9.17, 15) is 9.90 Å². The van der Waals surface area contributed by atoms with Crippen LogP contribution in [0.25, 0.3) is 0 Å². The first kappa shape index (κ1) is 34.0. The van der Waals surface area contributed by atoms with Gasteiger partial charge in [0.05, 0.1) is 30.5 Å². The number of rotatable bonds is 12. The minimum atomic E-state index is -0.655. The number of piperidine rings is 1. The molecule has 264 valence electrons. The number of ether oxygens (including phenoxy) is 1. The van der Waals surface area contributed by atoms with E-state index in [0.717, 1.165) is 109 Å². The predicted octanol–water partition coefficient (Wildman–Crippen LogP) is 6.70. The number of aliphatic carboxylic acids is 1. The number of hydrogen-bond donors (Lipinski definition) is 3. The minimum Gasteiger partial charge on any atom is -0.481 e. The maximum atomic E-state index is 11.6. The van der Waals surface area contributed by atoms with E-state index in [1.165, 1.54) is 29.5 Å². The van der Waals surface area contributed by atoms with Crippen LogP contribution in [-0.2, 0) is 28.9 Å². The number of fused-ring (bicyclic) bond motifs is 1. The molecule has 10 nitrogen and oxygen atoms in total. The van der Waals surface area contributed by atoms with Crippen molar-refractivity contribution in [3.8, 4) is 0 Å². The van der Waals surface area contributed by atoms with E-state index >= 15 is 0 Å². The van der Waals surface area contributed by atoms with Crippen LogP contribution in [0.1, 0.15) is 106 Å². The minimum absolute atomic E-state index is 0.0231. The zero-order chi connectivity index (χ0) is 33.8. The van der Waals surface area contributed by atoms with Crippen LogP contribution in [0.3, 0.4) is 0 Å². The summed E-state index contributed by atoms with van der Waals surface area (Å²) >= 11 is 0. The van der Waals surface area contributed by atoms with E-state index in [1.54, 1.807) is 0 Å². The molecule has 4 aliphatic rings. The van der Waals surface area contributed by atoms with Crippen molar-refractivity contribution >= 4 is 17.7 Å². The molecule has 0 radical (unpaired) electrons. The van der Waals surface area contributed by atoms with E-state index in [0.29, 0.717) is 17.8 Å². The van der Waals surface area contributed by atoms with Gasteiger partial charge in [-0.2, -0.15) is 10.1 Å². The molecule has 0 unspecified atom stereocenters. The van der Waals surface area contributed by atoms with Crippen LogP contribution in [0.15, 0.2) is 42.7 Å². The standard InChI is InChI=1S/C39H55N7O3/c1-3-33(28-11-13-29(14-12-28)37(47)48)42-38-43-34-16-15-30(27-9-6-5-7-10-27)21-32(34)36(44-38)41-35(31-22-40-46(4-2)23-31)24-45-19-8-17-39(25-45)18-20-49-26-39/h5-7,9-10,22-23,28-30,33,35H,3-4,8,11-21,24-26H2,1-2H3,(H,47,48)(H2,41,42,43,44)/t28?,29?,30-,33-,35+,39-/m1/s1. The summed E-state index contributed by atoms with van der Waals surface area (Å²) in [6.45, 7) is 9.98. The SMILES string of the molecule is CC[C@@H](Nc1nc2c(c(N[C@@H](CN3CCC[C@@]4(CCOC4)C3)c3cnn(CC)c3)n1)C[C@H](c1ccccc1)CC2)C1CCC(C(=O)O)CC1. The van der Waals surface area contributed by atoms with E-state index < -0.39 is 5.97 Å². The van der Waals surface area contributed by atoms with Crippen LogP contribution in [0.2, 0.25) is 0 Å². The molecule has 2 aliphatic carbocycles. The van der Waals surface area contributed by atoms with Gasteiger partial charge in [0.25, 0.3) is 0 Å². The molecule has 2 aliphatic heterocycles. The summed E-state index contributed by atoms with van der Waals surface area (Å²) < 4.78 is 7.92. The molecule has 3 fully saturated rings. The van der Waals surface area contributed by atoms with Crippen LogP contribution < -0.4 is 10.6 Å². The van der Waals surface area contributed by atoms with Gasteiger partial charge in [0.2, 0.25) is 5.95 Å². The number of anilines is 2. The maximum absolute atomic E-state index is 11.6. The predicted molar refractivity (Wildman–Crippen MR) is 192 cm³/mol. The monoisotopic (exact) mass is 669 g/mol. The first-order chi connectivity index (χ1) is 23.9. The van der Waals surface area contributed by atoms with Crippen LogP contribution in [0.5, 0.6) is 0 Å². The highest BCUT2D eigenvalue weighted by Crippen LogP contribution is 2.40. The summed E-state index contributed by atoms with van der Waals surface area (Å²) in [6.07, 6.45) is 15.0. The summed E-state index contributed by atoms with van der Waals surface area (Å²) in [4.78, 5) is 24.8. The molecule has 4 atom stereocenters. The van der Waals surface area contributed by atoms with Crippen molar-refractivity contribution in [1.29, 1.82) is 0 Å². The number of likely N-dealkylation sites (tertiary alicyclic amines) is 1. The average molecular weight is 670 g/mol. The fourth-order valence-corrected chi connectivity index (χ4v) is 9.12. The quantitative estimate of drug-likeness (QED) is 0.194. The molecule has 1 saturated carbocycles. The third kappa shape index (κ3) is 7.80. The van der Waals surface area contributed by atoms with Crippen molar-refractivity contribution in [3.05, 3.63) is 65.1 Å². The molecule has 7 rings (SSSR count). The molecule has 2 aromatic heterocycles. The number of benzene rings is 1. The van der Waals surface area contributed by atoms with Crippen molar-refractivity contribution < 1.29 is 14.6 Å². The van der Waals surface area contributed by atoms with Crippen LogP contribution in [0.4, 0.5) is 11.8 Å². The van der Waals surface area contributed by atoms with E-state index in [-0.39, 0.29) is 23.4 Å². The van der Waals surface area contributed by atoms with Gasteiger partial charge in [-0.1, -0.05) is 37.3 Å². The number of carboxylic acid groups (broad SMARTS) is 1. The van der Waals surface area contributed by atoms with Crippen LogP contribution >= 0.6 is 0 Å². The third-order valence-electron chi connectivity index (χ3n) is 12.0. The topological polar surface area (TPSA) is 117 Å². The Labute approximate surface area is 291 Å². The molecule has 3 aromatic rings. The average Bonchev–Trinajstić information content (AvgIpc) is 3.80. The Morgan fingerprint density at radius 2 is 1.92 bits per heavy atom. The van der Waals surface area contributed by atoms with Gasteiger partial charge in [0, 0.05) is 55.0 Å². The van der Waals surface area contributed by atoms with Gasteiger partial charge in [-0.3, -0.25) is 9.48 Å². The Balaban J connectivity index is 1.19. The summed E-state index contributed by atoms with van der Waals surface area (Å²) in [7, 11) is 0. The molecule has 1 spiro atoms. The lowest BCUT2D eigenvalue weighted by atomic mass is 9.78. The fourth-order valence-electron chi connectivity index (χ4n) is 9.12. The normalized spacial score (nSPS) is 27.0. The van der Waals surface area contributed by atoms with Crippen LogP contribution in [0, 0.1) is 17.3 Å². The first-order valence-electron chi connectivity index (χ1n) is 18.9. The summed E-state index contributed by atoms with van der Waals surface area (Å²) in [5.74, 6) is 1.59. The molecular formula is C39H55N7O3. The van der Waals surface area contributed by atoms with Gasteiger partial charge in [0.15, 0.2) is 0 Å². The molecule has 2 saturated heterocycles. The second kappa shape index (κ2) is 15.2. The Kier molecular flexibility index (Phi) is 10.5. The second-order valence-electron chi connectivity index (χ2n) is 15.2. The maximum Gasteiger partial charge on any atom is 0.306 e. The zero-order valence-electron chi connectivity index (χ0n) is 29.4. The lowest BCUT2D eigenvalue weighted by molar-refractivity contribution is -0.143. The van der Waals surface area contributed by atoms with Gasteiger partial charge < -0.3 is 25.4 Å². The summed E-state index contributed by atoms with van der Waals surface area (Å²) in [5, 5.41) is 22.0. The molecule has 0 amide bonds. The van der Waals surface area contributed by atoms with E-state index in [1.807, 2.05) is 10.9 Å². The molecular weight excluding hydrogens is 614 g/mol. The van der Waals surface area contributed by atoms with Crippen molar-refractivity contribution in [3.63, 3.8) is 0 Å². The molecule has 10 heteroatoms. The van der Waals surface area contributed by atoms with Crippen molar-refractivity contribution in [2.45, 2.75) is 109 Å². The lowest BCUT2D eigenvalue weighted by Gasteiger charge is -2.41. The number of nitrogens with zero attached hydrogens (tertiary/aromatic N) is 5. The Hall–Kier alpha value is -3.50. The van der Waals surface area contributed by atoms with Crippen molar-refractivity contribution in [1.82, 2.24) is 24.6 Å². The van der Waals surface area contributed by atoms with Crippen molar-refractivity contribution in [2.75, 3.05) is 43.5 Å². The van der Waals surface area contributed by atoms with E-state index in [4.69, 9.17) is 19.8 Å². The highest BCUT2D eigenvalue weighted by Gasteiger charge is 2.40. The third-order valence-corrected chi connectivity index (χ3v) is 12.0. The Bertz CT molecular complexity index is 1550.